The predicted molar refractivity (Wildman–Crippen MR) is 83.2 cm³/mol. The van der Waals surface area contributed by atoms with Gasteiger partial charge in [0.05, 0.1) is 5.69 Å². The van der Waals surface area contributed by atoms with Gasteiger partial charge in [0.1, 0.15) is 6.61 Å². The van der Waals surface area contributed by atoms with E-state index in [1.54, 1.807) is 36.0 Å². The number of aromatic nitrogens is 2. The van der Waals surface area contributed by atoms with Gasteiger partial charge in [-0.25, -0.2) is 9.78 Å². The summed E-state index contributed by atoms with van der Waals surface area (Å²) in [6.45, 7) is 0.920. The SMILES string of the molecule is O=C(Nc1ccc(Cl)cc1)OCc1c(Cl)nc2n1CCS2. The van der Waals surface area contributed by atoms with Gasteiger partial charge in [-0.15, -0.1) is 0 Å². The van der Waals surface area contributed by atoms with E-state index >= 15 is 0 Å². The maximum absolute atomic E-state index is 11.8. The number of imidazole rings is 1. The van der Waals surface area contributed by atoms with Crippen molar-refractivity contribution in [2.75, 3.05) is 11.1 Å². The number of hydrogen-bond acceptors (Lipinski definition) is 4. The second-order valence-electron chi connectivity index (χ2n) is 4.34. The van der Waals surface area contributed by atoms with E-state index in [9.17, 15) is 4.79 Å². The summed E-state index contributed by atoms with van der Waals surface area (Å²) in [4.78, 5) is 16.0. The van der Waals surface area contributed by atoms with Crippen LogP contribution in [-0.2, 0) is 17.9 Å². The van der Waals surface area contributed by atoms with E-state index < -0.39 is 6.09 Å². The summed E-state index contributed by atoms with van der Waals surface area (Å²) in [5.41, 5.74) is 1.34. The first-order valence-electron chi connectivity index (χ1n) is 6.20. The number of carbonyl (C=O) groups is 1. The fourth-order valence-corrected chi connectivity index (χ4v) is 3.35. The zero-order valence-electron chi connectivity index (χ0n) is 10.8. The first-order valence-corrected chi connectivity index (χ1v) is 7.94. The summed E-state index contributed by atoms with van der Waals surface area (Å²) in [7, 11) is 0. The van der Waals surface area contributed by atoms with Crippen molar-refractivity contribution in [3.63, 3.8) is 0 Å². The summed E-state index contributed by atoms with van der Waals surface area (Å²) < 4.78 is 7.16. The summed E-state index contributed by atoms with van der Waals surface area (Å²) in [5.74, 6) is 0.962. The molecule has 1 N–H and O–H groups in total. The lowest BCUT2D eigenvalue weighted by Crippen LogP contribution is -2.15. The first kappa shape index (κ1) is 14.6. The van der Waals surface area contributed by atoms with Gasteiger partial charge in [-0.05, 0) is 24.3 Å². The third-order valence-corrected chi connectivity index (χ3v) is 4.48. The Labute approximate surface area is 135 Å². The van der Waals surface area contributed by atoms with Gasteiger partial charge in [0.15, 0.2) is 10.3 Å². The summed E-state index contributed by atoms with van der Waals surface area (Å²) in [5, 5.41) is 4.48. The van der Waals surface area contributed by atoms with Gasteiger partial charge >= 0.3 is 6.09 Å². The molecule has 1 aromatic carbocycles. The first-order chi connectivity index (χ1) is 10.1. The number of hydrogen-bond donors (Lipinski definition) is 1. The van der Waals surface area contributed by atoms with E-state index in [-0.39, 0.29) is 6.61 Å². The minimum absolute atomic E-state index is 0.0891. The number of amides is 1. The highest BCUT2D eigenvalue weighted by molar-refractivity contribution is 7.99. The molecule has 3 rings (SSSR count). The van der Waals surface area contributed by atoms with Crippen molar-refractivity contribution in [1.82, 2.24) is 9.55 Å². The van der Waals surface area contributed by atoms with Crippen LogP contribution in [0.3, 0.4) is 0 Å². The topological polar surface area (TPSA) is 56.1 Å². The lowest BCUT2D eigenvalue weighted by atomic mass is 10.3. The summed E-state index contributed by atoms with van der Waals surface area (Å²) in [6.07, 6.45) is -0.547. The van der Waals surface area contributed by atoms with Gasteiger partial charge in [0.25, 0.3) is 0 Å². The molecular weight excluding hydrogens is 333 g/mol. The number of nitrogens with zero attached hydrogens (tertiary/aromatic N) is 2. The Balaban J connectivity index is 1.60. The molecule has 1 aromatic heterocycles. The molecule has 0 saturated heterocycles. The van der Waals surface area contributed by atoms with Crippen LogP contribution in [0, 0.1) is 0 Å². The van der Waals surface area contributed by atoms with Crippen LogP contribution in [0.25, 0.3) is 0 Å². The number of ether oxygens (including phenoxy) is 1. The second-order valence-corrected chi connectivity index (χ2v) is 6.20. The Morgan fingerprint density at radius 2 is 2.14 bits per heavy atom. The largest absolute Gasteiger partial charge is 0.443 e. The van der Waals surface area contributed by atoms with Gasteiger partial charge in [-0.1, -0.05) is 35.0 Å². The Hall–Kier alpha value is -1.37. The molecule has 0 spiro atoms. The van der Waals surface area contributed by atoms with Crippen molar-refractivity contribution in [2.24, 2.45) is 0 Å². The number of fused-ring (bicyclic) bond motifs is 1. The van der Waals surface area contributed by atoms with Crippen LogP contribution in [0.1, 0.15) is 5.69 Å². The van der Waals surface area contributed by atoms with E-state index in [2.05, 4.69) is 10.3 Å². The molecule has 2 heterocycles. The number of halogens is 2. The minimum atomic E-state index is -0.547. The van der Waals surface area contributed by atoms with Crippen LogP contribution >= 0.6 is 35.0 Å². The van der Waals surface area contributed by atoms with Crippen LogP contribution < -0.4 is 5.32 Å². The highest BCUT2D eigenvalue weighted by atomic mass is 35.5. The molecule has 0 aliphatic carbocycles. The average molecular weight is 344 g/mol. The van der Waals surface area contributed by atoms with Gasteiger partial charge in [0.2, 0.25) is 0 Å². The number of carbonyl (C=O) groups excluding carboxylic acids is 1. The fraction of sp³-hybridized carbons (Fsp3) is 0.231. The summed E-state index contributed by atoms with van der Waals surface area (Å²) >= 11 is 13.5. The quantitative estimate of drug-likeness (QED) is 0.913. The standard InChI is InChI=1S/C13H11Cl2N3O2S/c14-8-1-3-9(4-2-8)16-13(19)20-7-10-11(15)17-12-18(10)5-6-21-12/h1-4H,5-7H2,(H,16,19). The van der Waals surface area contributed by atoms with Crippen LogP contribution in [0.15, 0.2) is 29.4 Å². The number of rotatable bonds is 3. The van der Waals surface area contributed by atoms with Crippen LogP contribution in [0.2, 0.25) is 10.2 Å². The van der Waals surface area contributed by atoms with Crippen molar-refractivity contribution in [2.45, 2.75) is 18.3 Å². The molecule has 0 fully saturated rings. The van der Waals surface area contributed by atoms with E-state index in [0.717, 1.165) is 23.1 Å². The molecule has 0 saturated carbocycles. The zero-order valence-corrected chi connectivity index (χ0v) is 13.1. The Morgan fingerprint density at radius 3 is 2.90 bits per heavy atom. The van der Waals surface area contributed by atoms with Crippen LogP contribution in [0.4, 0.5) is 10.5 Å². The molecule has 8 heteroatoms. The Bertz CT molecular complexity index is 673. The van der Waals surface area contributed by atoms with Crippen LogP contribution in [0.5, 0.6) is 0 Å². The average Bonchev–Trinajstić information content (AvgIpc) is 3.00. The zero-order chi connectivity index (χ0) is 14.8. The Morgan fingerprint density at radius 1 is 1.38 bits per heavy atom. The maximum Gasteiger partial charge on any atom is 0.412 e. The highest BCUT2D eigenvalue weighted by Gasteiger charge is 2.21. The fourth-order valence-electron chi connectivity index (χ4n) is 1.96. The molecule has 0 radical (unpaired) electrons. The molecule has 1 amide bonds. The van der Waals surface area contributed by atoms with Crippen molar-refractivity contribution in [3.05, 3.63) is 40.1 Å². The molecule has 1 aliphatic rings. The minimum Gasteiger partial charge on any atom is -0.443 e. The number of anilines is 1. The van der Waals surface area contributed by atoms with Crippen LogP contribution in [-0.4, -0.2) is 21.4 Å². The predicted octanol–water partition coefficient (Wildman–Crippen LogP) is 4.04. The molecule has 0 atom stereocenters. The smallest absolute Gasteiger partial charge is 0.412 e. The van der Waals surface area contributed by atoms with E-state index in [1.165, 1.54) is 0 Å². The monoisotopic (exact) mass is 343 g/mol. The van der Waals surface area contributed by atoms with E-state index in [0.29, 0.717) is 15.9 Å². The van der Waals surface area contributed by atoms with Gasteiger partial charge in [-0.3, -0.25) is 5.32 Å². The maximum atomic E-state index is 11.8. The molecule has 5 nitrogen and oxygen atoms in total. The molecule has 0 bridgehead atoms. The molecule has 21 heavy (non-hydrogen) atoms. The third kappa shape index (κ3) is 3.28. The van der Waals surface area contributed by atoms with Crippen molar-refractivity contribution >= 4 is 46.7 Å². The third-order valence-electron chi connectivity index (χ3n) is 2.97. The lowest BCUT2D eigenvalue weighted by molar-refractivity contribution is 0.152. The molecule has 0 unspecified atom stereocenters. The molecule has 110 valence electrons. The lowest BCUT2D eigenvalue weighted by Gasteiger charge is -2.08. The normalized spacial score (nSPS) is 13.0. The van der Waals surface area contributed by atoms with Crippen molar-refractivity contribution in [3.8, 4) is 0 Å². The van der Waals surface area contributed by atoms with Crippen molar-refractivity contribution < 1.29 is 9.53 Å². The van der Waals surface area contributed by atoms with Gasteiger partial charge in [0, 0.05) is 23.0 Å². The number of nitrogens with one attached hydrogen (secondary N) is 1. The highest BCUT2D eigenvalue weighted by Crippen LogP contribution is 2.30. The van der Waals surface area contributed by atoms with E-state index in [4.69, 9.17) is 27.9 Å². The number of benzene rings is 1. The van der Waals surface area contributed by atoms with E-state index in [1.807, 2.05) is 4.57 Å². The van der Waals surface area contributed by atoms with Gasteiger partial charge < -0.3 is 9.30 Å². The van der Waals surface area contributed by atoms with Crippen molar-refractivity contribution in [1.29, 1.82) is 0 Å². The number of thioether (sulfide) groups is 1. The van der Waals surface area contributed by atoms with Gasteiger partial charge in [-0.2, -0.15) is 0 Å². The Kier molecular flexibility index (Phi) is 4.28. The molecular formula is C13H11Cl2N3O2S. The molecule has 1 aliphatic heterocycles. The second kappa shape index (κ2) is 6.17. The molecule has 2 aromatic rings. The summed E-state index contributed by atoms with van der Waals surface area (Å²) in [6, 6.07) is 6.78.